The molecule has 1 aromatic rings. The largest absolute Gasteiger partial charge is 0.416 e. The van der Waals surface area contributed by atoms with Gasteiger partial charge in [-0.3, -0.25) is 0 Å². The van der Waals surface area contributed by atoms with E-state index in [0.717, 1.165) is 12.1 Å². The van der Waals surface area contributed by atoms with Crippen molar-refractivity contribution in [1.82, 2.24) is 5.48 Å². The van der Waals surface area contributed by atoms with Crippen molar-refractivity contribution in [1.29, 1.82) is 0 Å². The molecule has 2 N–H and O–H groups in total. The predicted molar refractivity (Wildman–Crippen MR) is 44.8 cm³/mol. The number of hydroxylamine groups is 1. The molecule has 0 aliphatic heterocycles. The van der Waals surface area contributed by atoms with Gasteiger partial charge < -0.3 is 5.21 Å². The van der Waals surface area contributed by atoms with E-state index in [0.29, 0.717) is 5.56 Å². The number of hydrogen-bond acceptors (Lipinski definition) is 2. The molecule has 0 amide bonds. The molecular formula is C9H10F3NO. The van der Waals surface area contributed by atoms with Gasteiger partial charge in [0, 0.05) is 0 Å². The van der Waals surface area contributed by atoms with Crippen LogP contribution in [0.3, 0.4) is 0 Å². The molecule has 0 fully saturated rings. The van der Waals surface area contributed by atoms with Gasteiger partial charge in [-0.1, -0.05) is 12.1 Å². The molecule has 14 heavy (non-hydrogen) atoms. The average Bonchev–Trinajstić information content (AvgIpc) is 2.15. The van der Waals surface area contributed by atoms with Crippen LogP contribution < -0.4 is 5.48 Å². The minimum Gasteiger partial charge on any atom is -0.316 e. The zero-order chi connectivity index (χ0) is 10.8. The SMILES string of the molecule is CC(NO)c1ccc(C(F)(F)F)cc1. The van der Waals surface area contributed by atoms with Crippen molar-refractivity contribution in [3.63, 3.8) is 0 Å². The van der Waals surface area contributed by atoms with Gasteiger partial charge >= 0.3 is 6.18 Å². The van der Waals surface area contributed by atoms with Crippen LogP contribution in [-0.2, 0) is 6.18 Å². The molecule has 0 spiro atoms. The molecule has 0 bridgehead atoms. The van der Waals surface area contributed by atoms with E-state index >= 15 is 0 Å². The van der Waals surface area contributed by atoms with Crippen molar-refractivity contribution in [2.24, 2.45) is 0 Å². The lowest BCUT2D eigenvalue weighted by molar-refractivity contribution is -0.137. The molecule has 1 unspecified atom stereocenters. The monoisotopic (exact) mass is 205 g/mol. The van der Waals surface area contributed by atoms with Gasteiger partial charge in [-0.15, -0.1) is 0 Å². The topological polar surface area (TPSA) is 32.3 Å². The summed E-state index contributed by atoms with van der Waals surface area (Å²) in [6.07, 6.45) is -4.31. The van der Waals surface area contributed by atoms with Crippen molar-refractivity contribution in [3.8, 4) is 0 Å². The van der Waals surface area contributed by atoms with E-state index in [1.54, 1.807) is 6.92 Å². The molecule has 0 aliphatic carbocycles. The van der Waals surface area contributed by atoms with Gasteiger partial charge in [-0.25, -0.2) is 0 Å². The van der Waals surface area contributed by atoms with E-state index in [-0.39, 0.29) is 6.04 Å². The molecular weight excluding hydrogens is 195 g/mol. The maximum absolute atomic E-state index is 12.1. The lowest BCUT2D eigenvalue weighted by Crippen LogP contribution is -2.13. The van der Waals surface area contributed by atoms with Gasteiger partial charge in [0.15, 0.2) is 0 Å². The van der Waals surface area contributed by atoms with Gasteiger partial charge in [-0.05, 0) is 24.6 Å². The maximum Gasteiger partial charge on any atom is 0.416 e. The van der Waals surface area contributed by atoms with E-state index < -0.39 is 11.7 Å². The fourth-order valence-corrected chi connectivity index (χ4v) is 1.04. The highest BCUT2D eigenvalue weighted by atomic mass is 19.4. The molecule has 1 atom stereocenters. The van der Waals surface area contributed by atoms with Crippen LogP contribution in [0.5, 0.6) is 0 Å². The molecule has 1 aromatic carbocycles. The average molecular weight is 205 g/mol. The maximum atomic E-state index is 12.1. The molecule has 0 saturated heterocycles. The Hall–Kier alpha value is -1.07. The highest BCUT2D eigenvalue weighted by Crippen LogP contribution is 2.29. The highest BCUT2D eigenvalue weighted by Gasteiger charge is 2.30. The first-order valence-corrected chi connectivity index (χ1v) is 4.02. The summed E-state index contributed by atoms with van der Waals surface area (Å²) in [7, 11) is 0. The molecule has 0 aliphatic rings. The van der Waals surface area contributed by atoms with Crippen molar-refractivity contribution < 1.29 is 18.4 Å². The van der Waals surface area contributed by atoms with Crippen LogP contribution in [-0.4, -0.2) is 5.21 Å². The van der Waals surface area contributed by atoms with Gasteiger partial charge in [0.2, 0.25) is 0 Å². The van der Waals surface area contributed by atoms with Crippen LogP contribution >= 0.6 is 0 Å². The van der Waals surface area contributed by atoms with Crippen LogP contribution in [0.2, 0.25) is 0 Å². The number of hydrogen-bond donors (Lipinski definition) is 2. The van der Waals surface area contributed by atoms with E-state index in [1.165, 1.54) is 12.1 Å². The van der Waals surface area contributed by atoms with Crippen LogP contribution in [0.25, 0.3) is 0 Å². The van der Waals surface area contributed by atoms with Crippen molar-refractivity contribution in [3.05, 3.63) is 35.4 Å². The van der Waals surface area contributed by atoms with Crippen molar-refractivity contribution in [2.45, 2.75) is 19.1 Å². The number of nitrogens with one attached hydrogen (secondary N) is 1. The molecule has 5 heteroatoms. The van der Waals surface area contributed by atoms with E-state index in [9.17, 15) is 13.2 Å². The molecule has 78 valence electrons. The quantitative estimate of drug-likeness (QED) is 0.727. The van der Waals surface area contributed by atoms with Gasteiger partial charge in [-0.2, -0.15) is 18.7 Å². The molecule has 0 aromatic heterocycles. The Balaban J connectivity index is 2.89. The Morgan fingerprint density at radius 2 is 1.71 bits per heavy atom. The first kappa shape index (κ1) is 11.0. The summed E-state index contributed by atoms with van der Waals surface area (Å²) in [5.74, 6) is 0. The van der Waals surface area contributed by atoms with Crippen LogP contribution in [0, 0.1) is 0 Å². The van der Waals surface area contributed by atoms with E-state index in [1.807, 2.05) is 5.48 Å². The number of rotatable bonds is 2. The molecule has 0 saturated carbocycles. The second-order valence-corrected chi connectivity index (χ2v) is 2.97. The summed E-state index contributed by atoms with van der Waals surface area (Å²) in [4.78, 5) is 0. The van der Waals surface area contributed by atoms with Gasteiger partial charge in [0.1, 0.15) is 0 Å². The summed E-state index contributed by atoms with van der Waals surface area (Å²) in [5, 5.41) is 8.55. The summed E-state index contributed by atoms with van der Waals surface area (Å²) >= 11 is 0. The predicted octanol–water partition coefficient (Wildman–Crippen LogP) is 2.75. The van der Waals surface area contributed by atoms with Crippen molar-refractivity contribution in [2.75, 3.05) is 0 Å². The molecule has 0 heterocycles. The summed E-state index contributed by atoms with van der Waals surface area (Å²) in [6.45, 7) is 1.64. The summed E-state index contributed by atoms with van der Waals surface area (Å²) < 4.78 is 36.4. The number of halogens is 3. The summed E-state index contributed by atoms with van der Waals surface area (Å²) in [5.41, 5.74) is 1.87. The normalized spacial score (nSPS) is 14.1. The van der Waals surface area contributed by atoms with Gasteiger partial charge in [0.25, 0.3) is 0 Å². The van der Waals surface area contributed by atoms with Crippen LogP contribution in [0.1, 0.15) is 24.1 Å². The summed E-state index contributed by atoms with van der Waals surface area (Å²) in [6, 6.07) is 4.26. The first-order chi connectivity index (χ1) is 6.45. The van der Waals surface area contributed by atoms with E-state index in [2.05, 4.69) is 0 Å². The molecule has 2 nitrogen and oxygen atoms in total. The van der Waals surface area contributed by atoms with Gasteiger partial charge in [0.05, 0.1) is 11.6 Å². The first-order valence-electron chi connectivity index (χ1n) is 4.02. The second-order valence-electron chi connectivity index (χ2n) is 2.97. The molecule has 0 radical (unpaired) electrons. The Morgan fingerprint density at radius 1 is 1.21 bits per heavy atom. The van der Waals surface area contributed by atoms with Crippen LogP contribution in [0.15, 0.2) is 24.3 Å². The third-order valence-electron chi connectivity index (χ3n) is 1.93. The smallest absolute Gasteiger partial charge is 0.316 e. The highest BCUT2D eigenvalue weighted by molar-refractivity contribution is 5.26. The fraction of sp³-hybridized carbons (Fsp3) is 0.333. The Bertz CT molecular complexity index is 294. The lowest BCUT2D eigenvalue weighted by Gasteiger charge is -2.11. The second kappa shape index (κ2) is 3.98. The zero-order valence-electron chi connectivity index (χ0n) is 7.47. The van der Waals surface area contributed by atoms with Crippen LogP contribution in [0.4, 0.5) is 13.2 Å². The molecule has 1 rings (SSSR count). The Morgan fingerprint density at radius 3 is 2.07 bits per heavy atom. The third kappa shape index (κ3) is 2.46. The van der Waals surface area contributed by atoms with Crippen molar-refractivity contribution >= 4 is 0 Å². The standard InChI is InChI=1S/C9H10F3NO/c1-6(13-14)7-2-4-8(5-3-7)9(10,11)12/h2-6,13-14H,1H3. The number of benzene rings is 1. The Kier molecular flexibility index (Phi) is 3.13. The zero-order valence-corrected chi connectivity index (χ0v) is 7.47. The minimum atomic E-state index is -4.31. The fourth-order valence-electron chi connectivity index (χ4n) is 1.04. The third-order valence-corrected chi connectivity index (χ3v) is 1.93. The number of alkyl halides is 3. The van der Waals surface area contributed by atoms with E-state index in [4.69, 9.17) is 5.21 Å². The minimum absolute atomic E-state index is 0.378. The Labute approximate surface area is 79.3 Å². The lowest BCUT2D eigenvalue weighted by atomic mass is 10.1.